The zero-order valence-electron chi connectivity index (χ0n) is 15.8. The highest BCUT2D eigenvalue weighted by molar-refractivity contribution is 7.89. The molecule has 0 radical (unpaired) electrons. The molecule has 1 saturated heterocycles. The monoisotopic (exact) mass is 448 g/mol. The SMILES string of the molecule is O=c1ccc(N2CCN(S(=O)(=O)c3ccccc3F)CC2)nn1-c1ccc(Cl)cc1. The van der Waals surface area contributed by atoms with Gasteiger partial charge in [0.25, 0.3) is 5.56 Å². The van der Waals surface area contributed by atoms with Crippen LogP contribution in [0.5, 0.6) is 0 Å². The maximum Gasteiger partial charge on any atom is 0.271 e. The highest BCUT2D eigenvalue weighted by atomic mass is 35.5. The lowest BCUT2D eigenvalue weighted by Gasteiger charge is -2.34. The number of benzene rings is 2. The van der Waals surface area contributed by atoms with Gasteiger partial charge in [0.1, 0.15) is 16.5 Å². The lowest BCUT2D eigenvalue weighted by Crippen LogP contribution is -2.49. The van der Waals surface area contributed by atoms with E-state index in [1.165, 1.54) is 33.3 Å². The zero-order valence-corrected chi connectivity index (χ0v) is 17.4. The molecule has 3 aromatic rings. The minimum atomic E-state index is -3.92. The Morgan fingerprint density at radius 2 is 1.57 bits per heavy atom. The fourth-order valence-corrected chi connectivity index (χ4v) is 4.90. The van der Waals surface area contributed by atoms with Gasteiger partial charge in [-0.25, -0.2) is 12.8 Å². The van der Waals surface area contributed by atoms with Crippen LogP contribution >= 0.6 is 11.6 Å². The van der Waals surface area contributed by atoms with Crippen molar-refractivity contribution in [2.75, 3.05) is 31.1 Å². The van der Waals surface area contributed by atoms with Crippen molar-refractivity contribution in [1.82, 2.24) is 14.1 Å². The number of nitrogens with zero attached hydrogens (tertiary/aromatic N) is 4. The van der Waals surface area contributed by atoms with Gasteiger partial charge in [0.15, 0.2) is 0 Å². The van der Waals surface area contributed by atoms with Crippen molar-refractivity contribution < 1.29 is 12.8 Å². The van der Waals surface area contributed by atoms with Gasteiger partial charge < -0.3 is 4.90 Å². The maximum atomic E-state index is 14.0. The molecule has 0 amide bonds. The quantitative estimate of drug-likeness (QED) is 0.613. The molecule has 0 aliphatic carbocycles. The molecule has 1 aliphatic rings. The maximum absolute atomic E-state index is 14.0. The molecule has 1 aromatic heterocycles. The minimum Gasteiger partial charge on any atom is -0.353 e. The summed E-state index contributed by atoms with van der Waals surface area (Å²) in [5.41, 5.74) is 0.286. The molecule has 0 N–H and O–H groups in total. The van der Waals surface area contributed by atoms with Crippen molar-refractivity contribution in [3.8, 4) is 5.69 Å². The van der Waals surface area contributed by atoms with Crippen molar-refractivity contribution in [2.45, 2.75) is 4.90 Å². The van der Waals surface area contributed by atoms with Crippen LogP contribution in [0.2, 0.25) is 5.02 Å². The number of sulfonamides is 1. The summed E-state index contributed by atoms with van der Waals surface area (Å²) in [7, 11) is -3.92. The van der Waals surface area contributed by atoms with Crippen LogP contribution in [-0.4, -0.2) is 48.7 Å². The molecule has 0 bridgehead atoms. The Hall–Kier alpha value is -2.75. The molecule has 10 heteroatoms. The van der Waals surface area contributed by atoms with Gasteiger partial charge in [0, 0.05) is 37.3 Å². The van der Waals surface area contributed by atoms with Crippen LogP contribution in [0, 0.1) is 5.82 Å². The smallest absolute Gasteiger partial charge is 0.271 e. The molecular weight excluding hydrogens is 431 g/mol. The summed E-state index contributed by atoms with van der Waals surface area (Å²) in [6.45, 7) is 1.08. The summed E-state index contributed by atoms with van der Waals surface area (Å²) in [6.07, 6.45) is 0. The topological polar surface area (TPSA) is 75.5 Å². The highest BCUT2D eigenvalue weighted by Crippen LogP contribution is 2.22. The predicted molar refractivity (Wildman–Crippen MR) is 112 cm³/mol. The fraction of sp³-hybridized carbons (Fsp3) is 0.200. The van der Waals surface area contributed by atoms with E-state index in [-0.39, 0.29) is 23.5 Å². The second kappa shape index (κ2) is 8.17. The molecule has 0 saturated carbocycles. The number of anilines is 1. The molecule has 1 fully saturated rings. The van der Waals surface area contributed by atoms with Crippen molar-refractivity contribution in [3.63, 3.8) is 0 Å². The third-order valence-corrected chi connectivity index (χ3v) is 7.06. The van der Waals surface area contributed by atoms with Crippen LogP contribution < -0.4 is 10.5 Å². The van der Waals surface area contributed by atoms with Gasteiger partial charge in [-0.1, -0.05) is 23.7 Å². The molecule has 2 heterocycles. The van der Waals surface area contributed by atoms with Crippen LogP contribution in [0.3, 0.4) is 0 Å². The van der Waals surface area contributed by atoms with E-state index in [0.29, 0.717) is 29.6 Å². The fourth-order valence-electron chi connectivity index (χ4n) is 3.29. The number of aromatic nitrogens is 2. The van der Waals surface area contributed by atoms with Crippen molar-refractivity contribution in [3.05, 3.63) is 81.9 Å². The first kappa shape index (κ1) is 20.5. The Morgan fingerprint density at radius 3 is 2.23 bits per heavy atom. The van der Waals surface area contributed by atoms with Crippen LogP contribution in [0.1, 0.15) is 0 Å². The second-order valence-corrected chi connectivity index (χ2v) is 9.08. The van der Waals surface area contributed by atoms with E-state index in [0.717, 1.165) is 6.07 Å². The van der Waals surface area contributed by atoms with E-state index in [4.69, 9.17) is 11.6 Å². The standard InChI is InChI=1S/C20H18ClFN4O3S/c21-15-5-7-16(8-6-15)26-20(27)10-9-19(23-26)24-11-13-25(14-12-24)30(28,29)18-4-2-1-3-17(18)22/h1-10H,11-14H2. The number of rotatable bonds is 4. The third kappa shape index (κ3) is 3.96. The van der Waals surface area contributed by atoms with E-state index >= 15 is 0 Å². The number of hydrogen-bond acceptors (Lipinski definition) is 5. The van der Waals surface area contributed by atoms with Gasteiger partial charge >= 0.3 is 0 Å². The lowest BCUT2D eigenvalue weighted by molar-refractivity contribution is 0.380. The average molecular weight is 449 g/mol. The Morgan fingerprint density at radius 1 is 0.900 bits per heavy atom. The van der Waals surface area contributed by atoms with Gasteiger partial charge in [-0.2, -0.15) is 8.99 Å². The molecule has 156 valence electrons. The second-order valence-electron chi connectivity index (χ2n) is 6.74. The van der Waals surface area contributed by atoms with Crippen molar-refractivity contribution in [2.24, 2.45) is 0 Å². The number of hydrogen-bond donors (Lipinski definition) is 0. The molecule has 1 aliphatic heterocycles. The van der Waals surface area contributed by atoms with E-state index in [9.17, 15) is 17.6 Å². The Balaban J connectivity index is 1.53. The average Bonchev–Trinajstić information content (AvgIpc) is 2.75. The van der Waals surface area contributed by atoms with Crippen LogP contribution in [0.4, 0.5) is 10.2 Å². The normalized spacial score (nSPS) is 15.3. The van der Waals surface area contributed by atoms with Crippen LogP contribution in [0.15, 0.2) is 70.4 Å². The Labute approximate surface area is 178 Å². The molecule has 30 heavy (non-hydrogen) atoms. The zero-order chi connectivity index (χ0) is 21.3. The molecule has 2 aromatic carbocycles. The first-order chi connectivity index (χ1) is 14.4. The van der Waals surface area contributed by atoms with Crippen molar-refractivity contribution >= 4 is 27.4 Å². The summed E-state index contributed by atoms with van der Waals surface area (Å²) in [4.78, 5) is 13.8. The van der Waals surface area contributed by atoms with Gasteiger partial charge in [-0.05, 0) is 42.5 Å². The van der Waals surface area contributed by atoms with Crippen molar-refractivity contribution in [1.29, 1.82) is 0 Å². The minimum absolute atomic E-state index is 0.179. The first-order valence-corrected chi connectivity index (χ1v) is 11.0. The summed E-state index contributed by atoms with van der Waals surface area (Å²) in [5.74, 6) is -0.218. The number of halogens is 2. The molecule has 7 nitrogen and oxygen atoms in total. The summed E-state index contributed by atoms with van der Waals surface area (Å²) in [5, 5.41) is 4.97. The van der Waals surface area contributed by atoms with Crippen LogP contribution in [0.25, 0.3) is 5.69 Å². The van der Waals surface area contributed by atoms with E-state index in [2.05, 4.69) is 5.10 Å². The van der Waals surface area contributed by atoms with Crippen LogP contribution in [-0.2, 0) is 10.0 Å². The van der Waals surface area contributed by atoms with E-state index in [1.807, 2.05) is 4.90 Å². The Bertz CT molecular complexity index is 1220. The van der Waals surface area contributed by atoms with Gasteiger partial charge in [0.05, 0.1) is 5.69 Å². The molecular formula is C20H18ClFN4O3S. The van der Waals surface area contributed by atoms with Gasteiger partial charge in [0.2, 0.25) is 10.0 Å². The lowest BCUT2D eigenvalue weighted by atomic mass is 10.3. The first-order valence-electron chi connectivity index (χ1n) is 9.22. The Kier molecular flexibility index (Phi) is 5.59. The molecule has 0 spiro atoms. The number of piperazine rings is 1. The molecule has 0 atom stereocenters. The highest BCUT2D eigenvalue weighted by Gasteiger charge is 2.31. The van der Waals surface area contributed by atoms with Gasteiger partial charge in [-0.15, -0.1) is 5.10 Å². The van der Waals surface area contributed by atoms with E-state index < -0.39 is 15.8 Å². The summed E-state index contributed by atoms with van der Waals surface area (Å²) in [6, 6.07) is 15.1. The largest absolute Gasteiger partial charge is 0.353 e. The summed E-state index contributed by atoms with van der Waals surface area (Å²) >= 11 is 5.90. The summed E-state index contributed by atoms with van der Waals surface area (Å²) < 4.78 is 42.0. The molecule has 0 unspecified atom stereocenters. The predicted octanol–water partition coefficient (Wildman–Crippen LogP) is 2.54. The third-order valence-electron chi connectivity index (χ3n) is 4.87. The van der Waals surface area contributed by atoms with Gasteiger partial charge in [-0.3, -0.25) is 4.79 Å². The van der Waals surface area contributed by atoms with E-state index in [1.54, 1.807) is 30.3 Å². The molecule has 4 rings (SSSR count).